The van der Waals surface area contributed by atoms with Crippen LogP contribution in [0.5, 0.6) is 0 Å². The normalized spacial score (nSPS) is 19.3. The van der Waals surface area contributed by atoms with Crippen molar-refractivity contribution in [1.29, 1.82) is 0 Å². The Morgan fingerprint density at radius 2 is 1.88 bits per heavy atom. The fraction of sp³-hybridized carbons (Fsp3) is 0.417. The van der Waals surface area contributed by atoms with Gasteiger partial charge in [-0.1, -0.05) is 30.3 Å². The van der Waals surface area contributed by atoms with Gasteiger partial charge in [0.1, 0.15) is 0 Å². The average Bonchev–Trinajstić information content (AvgIpc) is 2.30. The van der Waals surface area contributed by atoms with E-state index in [9.17, 15) is 4.79 Å². The van der Waals surface area contributed by atoms with Crippen molar-refractivity contribution in [2.75, 3.05) is 13.2 Å². The van der Waals surface area contributed by atoms with Gasteiger partial charge in [-0.25, -0.2) is 0 Å². The van der Waals surface area contributed by atoms with Gasteiger partial charge < -0.3 is 9.47 Å². The Balaban J connectivity index is 2.29. The summed E-state index contributed by atoms with van der Waals surface area (Å²) < 4.78 is 11.4. The van der Waals surface area contributed by atoms with E-state index in [1.54, 1.807) is 0 Å². The van der Waals surface area contributed by atoms with E-state index < -0.39 is 5.12 Å². The Morgan fingerprint density at radius 1 is 1.25 bits per heavy atom. The summed E-state index contributed by atoms with van der Waals surface area (Å²) in [6.45, 7) is 2.76. The monoisotopic (exact) mass is 238 g/mol. The molecule has 0 aromatic heterocycles. The molecule has 0 N–H and O–H groups in total. The van der Waals surface area contributed by atoms with Gasteiger partial charge in [0.25, 0.3) is 5.12 Å². The van der Waals surface area contributed by atoms with Crippen molar-refractivity contribution in [1.82, 2.24) is 0 Å². The van der Waals surface area contributed by atoms with Crippen molar-refractivity contribution in [3.63, 3.8) is 0 Å². The van der Waals surface area contributed by atoms with Crippen molar-refractivity contribution in [3.05, 3.63) is 35.9 Å². The van der Waals surface area contributed by atoms with Crippen LogP contribution in [0, 0.1) is 0 Å². The highest BCUT2D eigenvalue weighted by atomic mass is 32.2. The molecule has 1 saturated heterocycles. The first-order chi connectivity index (χ1) is 7.73. The Kier molecular flexibility index (Phi) is 3.63. The zero-order valence-corrected chi connectivity index (χ0v) is 9.96. The predicted octanol–water partition coefficient (Wildman–Crippen LogP) is 2.51. The molecule has 2 rings (SSSR count). The summed E-state index contributed by atoms with van der Waals surface area (Å²) in [7, 11) is 0. The van der Waals surface area contributed by atoms with E-state index in [4.69, 9.17) is 9.47 Å². The van der Waals surface area contributed by atoms with Crippen LogP contribution in [0.4, 0.5) is 0 Å². The van der Waals surface area contributed by atoms with Crippen molar-refractivity contribution >= 4 is 16.9 Å². The van der Waals surface area contributed by atoms with Gasteiger partial charge in [0.15, 0.2) is 5.12 Å². The second-order valence-electron chi connectivity index (χ2n) is 3.57. The Morgan fingerprint density at radius 3 is 2.44 bits per heavy atom. The van der Waals surface area contributed by atoms with Crippen LogP contribution in [-0.4, -0.2) is 18.3 Å². The largest absolute Gasteiger partial charge is 0.337 e. The van der Waals surface area contributed by atoms with Crippen LogP contribution >= 0.6 is 11.8 Å². The molecule has 1 fully saturated rings. The van der Waals surface area contributed by atoms with Gasteiger partial charge in [0.2, 0.25) is 0 Å². The van der Waals surface area contributed by atoms with E-state index in [0.717, 1.165) is 23.7 Å². The second-order valence-corrected chi connectivity index (χ2v) is 4.88. The first-order valence-corrected chi connectivity index (χ1v) is 6.08. The van der Waals surface area contributed by atoms with Gasteiger partial charge in [0.05, 0.1) is 13.2 Å². The third kappa shape index (κ3) is 2.45. The molecule has 0 saturated carbocycles. The highest BCUT2D eigenvalue weighted by Gasteiger charge is 2.39. The number of thioether (sulfide) groups is 1. The smallest absolute Gasteiger partial charge is 0.253 e. The topological polar surface area (TPSA) is 35.5 Å². The molecule has 0 aliphatic carbocycles. The summed E-state index contributed by atoms with van der Waals surface area (Å²) in [5.74, 6) is 0. The zero-order chi connectivity index (χ0) is 11.4. The third-order valence-corrected chi connectivity index (χ3v) is 3.31. The summed E-state index contributed by atoms with van der Waals surface area (Å²) in [6, 6.07) is 9.60. The van der Waals surface area contributed by atoms with E-state index in [1.165, 1.54) is 6.92 Å². The van der Waals surface area contributed by atoms with Crippen LogP contribution < -0.4 is 0 Å². The minimum absolute atomic E-state index is 0.00856. The lowest BCUT2D eigenvalue weighted by atomic mass is 10.2. The van der Waals surface area contributed by atoms with Crippen LogP contribution in [0.25, 0.3) is 0 Å². The molecule has 0 bridgehead atoms. The Hall–Kier alpha value is -0.840. The van der Waals surface area contributed by atoms with Crippen LogP contribution in [-0.2, 0) is 19.4 Å². The van der Waals surface area contributed by atoms with Crippen molar-refractivity contribution in [3.8, 4) is 0 Å². The Bertz CT molecular complexity index is 358. The average molecular weight is 238 g/mol. The summed E-state index contributed by atoms with van der Waals surface area (Å²) in [4.78, 5) is 11.3. The zero-order valence-electron chi connectivity index (χ0n) is 9.14. The van der Waals surface area contributed by atoms with E-state index in [0.29, 0.717) is 13.2 Å². The van der Waals surface area contributed by atoms with E-state index in [2.05, 4.69) is 0 Å². The van der Waals surface area contributed by atoms with E-state index in [1.807, 2.05) is 30.3 Å². The minimum Gasteiger partial charge on any atom is -0.337 e. The summed E-state index contributed by atoms with van der Waals surface area (Å²) in [5.41, 5.74) is 0.884. The standard InChI is InChI=1S/C12H14O3S/c1-10(13)16-12(14-8-5-9-15-12)11-6-3-2-4-7-11/h2-4,6-7H,5,8-9H2,1H3. The fourth-order valence-electron chi connectivity index (χ4n) is 1.63. The molecule has 1 aliphatic rings. The predicted molar refractivity (Wildman–Crippen MR) is 62.9 cm³/mol. The maximum atomic E-state index is 11.3. The quantitative estimate of drug-likeness (QED) is 0.793. The molecule has 0 unspecified atom stereocenters. The highest BCUT2D eigenvalue weighted by molar-refractivity contribution is 8.14. The molecule has 3 nitrogen and oxygen atoms in total. The molecule has 1 aliphatic heterocycles. The molecular weight excluding hydrogens is 224 g/mol. The van der Waals surface area contributed by atoms with Gasteiger partial charge in [-0.3, -0.25) is 4.79 Å². The number of ether oxygens (including phenoxy) is 2. The van der Waals surface area contributed by atoms with E-state index >= 15 is 0 Å². The lowest BCUT2D eigenvalue weighted by Gasteiger charge is -2.35. The third-order valence-electron chi connectivity index (χ3n) is 2.28. The summed E-state index contributed by atoms with van der Waals surface area (Å²) in [6.07, 6.45) is 0.868. The molecule has 16 heavy (non-hydrogen) atoms. The van der Waals surface area contributed by atoms with Crippen LogP contribution in [0.2, 0.25) is 0 Å². The number of rotatable bonds is 2. The maximum absolute atomic E-state index is 11.3. The number of benzene rings is 1. The molecule has 0 radical (unpaired) electrons. The first kappa shape index (κ1) is 11.6. The number of hydrogen-bond donors (Lipinski definition) is 0. The van der Waals surface area contributed by atoms with Crippen LogP contribution in [0.3, 0.4) is 0 Å². The molecule has 0 amide bonds. The lowest BCUT2D eigenvalue weighted by molar-refractivity contribution is -0.212. The summed E-state index contributed by atoms with van der Waals surface area (Å²) in [5, 5.41) is -0.948. The maximum Gasteiger partial charge on any atom is 0.253 e. The molecule has 86 valence electrons. The lowest BCUT2D eigenvalue weighted by Crippen LogP contribution is -2.35. The highest BCUT2D eigenvalue weighted by Crippen LogP contribution is 2.41. The molecule has 0 spiro atoms. The van der Waals surface area contributed by atoms with Crippen molar-refractivity contribution in [2.45, 2.75) is 18.5 Å². The van der Waals surface area contributed by atoms with Gasteiger partial charge >= 0.3 is 0 Å². The van der Waals surface area contributed by atoms with Crippen molar-refractivity contribution in [2.24, 2.45) is 0 Å². The first-order valence-electron chi connectivity index (χ1n) is 5.26. The van der Waals surface area contributed by atoms with Crippen LogP contribution in [0.15, 0.2) is 30.3 Å². The molecule has 1 aromatic carbocycles. The van der Waals surface area contributed by atoms with Gasteiger partial charge in [-0.15, -0.1) is 0 Å². The SMILES string of the molecule is CC(=O)SC1(c2ccccc2)OCCCO1. The minimum atomic E-state index is -0.939. The number of hydrogen-bond acceptors (Lipinski definition) is 4. The van der Waals surface area contributed by atoms with Gasteiger partial charge in [-0.2, -0.15) is 0 Å². The van der Waals surface area contributed by atoms with E-state index in [-0.39, 0.29) is 5.12 Å². The molecule has 4 heteroatoms. The molecule has 1 aromatic rings. The summed E-state index contributed by atoms with van der Waals surface area (Å²) >= 11 is 1.09. The number of carbonyl (C=O) groups excluding carboxylic acids is 1. The van der Waals surface area contributed by atoms with Crippen LogP contribution in [0.1, 0.15) is 18.9 Å². The van der Waals surface area contributed by atoms with Gasteiger partial charge in [-0.05, 0) is 18.2 Å². The molecule has 1 heterocycles. The van der Waals surface area contributed by atoms with Gasteiger partial charge in [0, 0.05) is 12.5 Å². The fourth-order valence-corrected chi connectivity index (χ4v) is 2.55. The van der Waals surface area contributed by atoms with Crippen molar-refractivity contribution < 1.29 is 14.3 Å². The number of carbonyl (C=O) groups is 1. The molecular formula is C12H14O3S. The molecule has 0 atom stereocenters. The second kappa shape index (κ2) is 4.99. The Labute approximate surface area is 99.1 Å².